The van der Waals surface area contributed by atoms with Crippen molar-refractivity contribution >= 4 is 37.8 Å². The average molecular weight is 423 g/mol. The summed E-state index contributed by atoms with van der Waals surface area (Å²) in [6, 6.07) is 3.58. The van der Waals surface area contributed by atoms with Gasteiger partial charge in [-0.2, -0.15) is 0 Å². The molecule has 118 valence electrons. The largest absolute Gasteiger partial charge is 0.492 e. The zero-order valence-electron chi connectivity index (χ0n) is 12.7. The second kappa shape index (κ2) is 8.76. The molecule has 0 unspecified atom stereocenters. The van der Waals surface area contributed by atoms with Gasteiger partial charge in [0.1, 0.15) is 11.8 Å². The van der Waals surface area contributed by atoms with Crippen molar-refractivity contribution in [2.24, 2.45) is 5.92 Å². The Morgan fingerprint density at radius 1 is 1.33 bits per heavy atom. The molecule has 6 heteroatoms. The van der Waals surface area contributed by atoms with Crippen LogP contribution in [-0.2, 0) is 16.1 Å². The summed E-state index contributed by atoms with van der Waals surface area (Å²) in [4.78, 5) is 11.8. The maximum atomic E-state index is 11.8. The topological polar surface area (TPSA) is 47.6 Å². The van der Waals surface area contributed by atoms with Crippen LogP contribution in [0, 0.1) is 5.92 Å². The van der Waals surface area contributed by atoms with Crippen molar-refractivity contribution in [1.82, 2.24) is 5.32 Å². The third kappa shape index (κ3) is 5.27. The molecular weight excluding hydrogens is 402 g/mol. The lowest BCUT2D eigenvalue weighted by Crippen LogP contribution is -2.41. The van der Waals surface area contributed by atoms with Gasteiger partial charge in [0.05, 0.1) is 18.2 Å². The molecule has 4 nitrogen and oxygen atoms in total. The molecule has 0 bridgehead atoms. The number of esters is 1. The minimum absolute atomic E-state index is 0.142. The Morgan fingerprint density at radius 2 is 2.00 bits per heavy atom. The summed E-state index contributed by atoms with van der Waals surface area (Å²) in [6.45, 7) is 7.00. The summed E-state index contributed by atoms with van der Waals surface area (Å²) in [6.07, 6.45) is 0. The Labute approximate surface area is 142 Å². The second-order valence-electron chi connectivity index (χ2n) is 4.93. The Balaban J connectivity index is 2.93. The highest BCUT2D eigenvalue weighted by atomic mass is 79.9. The van der Waals surface area contributed by atoms with Crippen LogP contribution >= 0.6 is 31.9 Å². The Hall–Kier alpha value is -0.590. The molecule has 21 heavy (non-hydrogen) atoms. The van der Waals surface area contributed by atoms with E-state index >= 15 is 0 Å². The van der Waals surface area contributed by atoms with Crippen molar-refractivity contribution in [2.45, 2.75) is 33.4 Å². The van der Waals surface area contributed by atoms with E-state index < -0.39 is 0 Å². The molecule has 0 aliphatic heterocycles. The Bertz CT molecular complexity index is 492. The number of carbonyl (C=O) groups is 1. The average Bonchev–Trinajstić information content (AvgIpc) is 2.41. The number of hydrogen-bond acceptors (Lipinski definition) is 4. The molecule has 0 heterocycles. The van der Waals surface area contributed by atoms with Crippen molar-refractivity contribution < 1.29 is 14.3 Å². The van der Waals surface area contributed by atoms with Gasteiger partial charge < -0.3 is 9.47 Å². The number of rotatable bonds is 7. The fourth-order valence-corrected chi connectivity index (χ4v) is 3.42. The van der Waals surface area contributed by atoms with E-state index in [1.54, 1.807) is 0 Å². The first-order chi connectivity index (χ1) is 9.90. The molecule has 0 saturated heterocycles. The molecular formula is C15H21Br2NO3. The number of hydrogen-bond donors (Lipinski definition) is 1. The predicted molar refractivity (Wildman–Crippen MR) is 90.5 cm³/mol. The molecule has 1 rings (SSSR count). The first-order valence-electron chi connectivity index (χ1n) is 6.82. The van der Waals surface area contributed by atoms with Gasteiger partial charge in [-0.15, -0.1) is 0 Å². The van der Waals surface area contributed by atoms with Gasteiger partial charge in [-0.3, -0.25) is 10.1 Å². The zero-order chi connectivity index (χ0) is 16.0. The third-order valence-electron chi connectivity index (χ3n) is 3.01. The summed E-state index contributed by atoms with van der Waals surface area (Å²) in [7, 11) is 1.40. The first-order valence-corrected chi connectivity index (χ1v) is 8.41. The maximum absolute atomic E-state index is 11.8. The van der Waals surface area contributed by atoms with Gasteiger partial charge >= 0.3 is 5.97 Å². The van der Waals surface area contributed by atoms with Crippen molar-refractivity contribution in [1.29, 1.82) is 0 Å². The van der Waals surface area contributed by atoms with Crippen molar-refractivity contribution in [3.8, 4) is 5.75 Å². The van der Waals surface area contributed by atoms with Crippen LogP contribution in [0.1, 0.15) is 26.3 Å². The van der Waals surface area contributed by atoms with E-state index in [1.165, 1.54) is 7.11 Å². The minimum Gasteiger partial charge on any atom is -0.492 e. The van der Waals surface area contributed by atoms with E-state index in [9.17, 15) is 4.79 Å². The Kier molecular flexibility index (Phi) is 7.70. The molecule has 0 aliphatic carbocycles. The summed E-state index contributed by atoms with van der Waals surface area (Å²) in [5.41, 5.74) is 0.979. The zero-order valence-corrected chi connectivity index (χ0v) is 15.9. The molecule has 0 saturated carbocycles. The normalized spacial score (nSPS) is 12.3. The van der Waals surface area contributed by atoms with Gasteiger partial charge in [-0.05, 0) is 40.9 Å². The highest BCUT2D eigenvalue weighted by molar-refractivity contribution is 9.11. The molecule has 0 aromatic heterocycles. The molecule has 1 aromatic rings. The predicted octanol–water partition coefficient (Wildman–Crippen LogP) is 3.90. The van der Waals surface area contributed by atoms with Crippen LogP contribution in [0.25, 0.3) is 0 Å². The smallest absolute Gasteiger partial charge is 0.323 e. The quantitative estimate of drug-likeness (QED) is 0.677. The third-order valence-corrected chi connectivity index (χ3v) is 4.06. The van der Waals surface area contributed by atoms with Crippen LogP contribution in [0.5, 0.6) is 5.75 Å². The molecule has 1 N–H and O–H groups in total. The summed E-state index contributed by atoms with van der Waals surface area (Å²) in [5, 5.41) is 3.24. The van der Waals surface area contributed by atoms with E-state index in [4.69, 9.17) is 9.47 Å². The maximum Gasteiger partial charge on any atom is 0.323 e. The van der Waals surface area contributed by atoms with E-state index in [-0.39, 0.29) is 17.9 Å². The van der Waals surface area contributed by atoms with Crippen LogP contribution in [0.4, 0.5) is 0 Å². The lowest BCUT2D eigenvalue weighted by atomic mass is 10.0. The van der Waals surface area contributed by atoms with Gasteiger partial charge in [0.25, 0.3) is 0 Å². The fourth-order valence-electron chi connectivity index (χ4n) is 1.99. The fraction of sp³-hybridized carbons (Fsp3) is 0.533. The Morgan fingerprint density at radius 3 is 2.52 bits per heavy atom. The van der Waals surface area contributed by atoms with Crippen LogP contribution in [-0.4, -0.2) is 25.7 Å². The van der Waals surface area contributed by atoms with Gasteiger partial charge in [0.2, 0.25) is 0 Å². The van der Waals surface area contributed by atoms with Gasteiger partial charge in [0, 0.05) is 16.6 Å². The summed E-state index contributed by atoms with van der Waals surface area (Å²) in [5.74, 6) is 0.682. The highest BCUT2D eigenvalue weighted by Gasteiger charge is 2.23. The molecule has 0 spiro atoms. The van der Waals surface area contributed by atoms with Gasteiger partial charge in [0.15, 0.2) is 0 Å². The molecule has 0 aliphatic rings. The van der Waals surface area contributed by atoms with Crippen LogP contribution in [0.15, 0.2) is 21.1 Å². The van der Waals surface area contributed by atoms with Crippen LogP contribution in [0.3, 0.4) is 0 Å². The number of benzene rings is 1. The first kappa shape index (κ1) is 18.5. The van der Waals surface area contributed by atoms with Crippen molar-refractivity contribution in [3.63, 3.8) is 0 Å². The monoisotopic (exact) mass is 421 g/mol. The minimum atomic E-state index is -0.345. The summed E-state index contributed by atoms with van der Waals surface area (Å²) < 4.78 is 12.4. The molecule has 0 radical (unpaired) electrons. The van der Waals surface area contributed by atoms with E-state index in [2.05, 4.69) is 37.2 Å². The number of carbonyl (C=O) groups excluding carboxylic acids is 1. The van der Waals surface area contributed by atoms with Crippen molar-refractivity contribution in [2.75, 3.05) is 13.7 Å². The van der Waals surface area contributed by atoms with E-state index in [0.717, 1.165) is 20.3 Å². The standard InChI is InChI=1S/C15H21Br2NO3/c1-5-21-14-10(6-11(16)7-12(14)17)8-18-13(9(2)3)15(19)20-4/h6-7,9,13,18H,5,8H2,1-4H3/t13-/m0/s1. The van der Waals surface area contributed by atoms with E-state index in [0.29, 0.717) is 13.2 Å². The van der Waals surface area contributed by atoms with Gasteiger partial charge in [-0.25, -0.2) is 0 Å². The number of nitrogens with one attached hydrogen (secondary N) is 1. The SMILES string of the molecule is CCOc1c(Br)cc(Br)cc1CN[C@H](C(=O)OC)C(C)C. The second-order valence-corrected chi connectivity index (χ2v) is 6.70. The number of halogens is 2. The molecule has 0 fully saturated rings. The van der Waals surface area contributed by atoms with E-state index in [1.807, 2.05) is 32.9 Å². The number of methoxy groups -OCH3 is 1. The number of ether oxygens (including phenoxy) is 2. The molecule has 0 amide bonds. The van der Waals surface area contributed by atoms with Crippen LogP contribution < -0.4 is 10.1 Å². The lowest BCUT2D eigenvalue weighted by molar-refractivity contribution is -0.144. The molecule has 1 atom stereocenters. The molecule has 1 aromatic carbocycles. The lowest BCUT2D eigenvalue weighted by Gasteiger charge is -2.21. The summed E-state index contributed by atoms with van der Waals surface area (Å²) >= 11 is 6.97. The van der Waals surface area contributed by atoms with Crippen LogP contribution in [0.2, 0.25) is 0 Å². The highest BCUT2D eigenvalue weighted by Crippen LogP contribution is 2.33. The van der Waals surface area contributed by atoms with Gasteiger partial charge in [-0.1, -0.05) is 29.8 Å². The van der Waals surface area contributed by atoms with Crippen molar-refractivity contribution in [3.05, 3.63) is 26.6 Å².